The molecule has 1 aliphatic heterocycles. The number of rotatable bonds is 8. The largest absolute Gasteiger partial charge is 0.380 e. The lowest BCUT2D eigenvalue weighted by Crippen LogP contribution is -2.35. The van der Waals surface area contributed by atoms with Gasteiger partial charge in [-0.3, -0.25) is 14.4 Å². The Morgan fingerprint density at radius 3 is 2.30 bits per heavy atom. The predicted molar refractivity (Wildman–Crippen MR) is 79.7 cm³/mol. The van der Waals surface area contributed by atoms with E-state index in [1.807, 2.05) is 0 Å². The zero-order valence-electron chi connectivity index (χ0n) is 13.8. The zero-order chi connectivity index (χ0) is 17.5. The summed E-state index contributed by atoms with van der Waals surface area (Å²) in [5.74, 6) is -2.64. The number of hydrogen-bond acceptors (Lipinski definition) is 6. The van der Waals surface area contributed by atoms with Crippen molar-refractivity contribution >= 4 is 23.7 Å². The van der Waals surface area contributed by atoms with Crippen LogP contribution < -0.4 is 5.32 Å². The van der Waals surface area contributed by atoms with Crippen molar-refractivity contribution < 1.29 is 28.8 Å². The van der Waals surface area contributed by atoms with Crippen LogP contribution in [-0.4, -0.2) is 48.5 Å². The molecule has 0 spiro atoms. The molecule has 0 radical (unpaired) electrons. The fourth-order valence-corrected chi connectivity index (χ4v) is 1.73. The monoisotopic (exact) mass is 328 g/mol. The number of ether oxygens (including phenoxy) is 1. The van der Waals surface area contributed by atoms with Gasteiger partial charge in [0, 0.05) is 26.0 Å². The van der Waals surface area contributed by atoms with Crippen molar-refractivity contribution in [1.82, 2.24) is 10.4 Å². The van der Waals surface area contributed by atoms with Crippen molar-refractivity contribution in [3.8, 4) is 0 Å². The average molecular weight is 328 g/mol. The fraction of sp³-hybridized carbons (Fsp3) is 0.733. The average Bonchev–Trinajstić information content (AvgIpc) is 2.73. The summed E-state index contributed by atoms with van der Waals surface area (Å²) in [6, 6.07) is 0. The number of nitrogens with one attached hydrogen (secondary N) is 1. The van der Waals surface area contributed by atoms with Crippen LogP contribution in [0.5, 0.6) is 0 Å². The SMILES string of the molecule is CC(C)(C)CCOCCNC(=O)CC(=O)ON1C(=O)CCC1=O. The lowest BCUT2D eigenvalue weighted by Gasteiger charge is -2.17. The Morgan fingerprint density at radius 2 is 1.74 bits per heavy atom. The molecule has 0 bridgehead atoms. The normalized spacial score (nSPS) is 15.0. The minimum absolute atomic E-state index is 0.0181. The zero-order valence-corrected chi connectivity index (χ0v) is 13.8. The van der Waals surface area contributed by atoms with Gasteiger partial charge in [0.05, 0.1) is 6.61 Å². The van der Waals surface area contributed by atoms with E-state index >= 15 is 0 Å². The van der Waals surface area contributed by atoms with E-state index in [0.717, 1.165) is 6.42 Å². The second kappa shape index (κ2) is 8.61. The molecule has 1 N–H and O–H groups in total. The third-order valence-electron chi connectivity index (χ3n) is 3.07. The second-order valence-electron chi connectivity index (χ2n) is 6.49. The first kappa shape index (κ1) is 19.1. The summed E-state index contributed by atoms with van der Waals surface area (Å²) in [7, 11) is 0. The molecule has 8 nitrogen and oxygen atoms in total. The van der Waals surface area contributed by atoms with Gasteiger partial charge in [-0.15, -0.1) is 5.06 Å². The van der Waals surface area contributed by atoms with Gasteiger partial charge in [-0.25, -0.2) is 4.79 Å². The van der Waals surface area contributed by atoms with E-state index < -0.39 is 30.1 Å². The molecule has 0 atom stereocenters. The molecular formula is C15H24N2O6. The molecular weight excluding hydrogens is 304 g/mol. The third-order valence-corrected chi connectivity index (χ3v) is 3.07. The van der Waals surface area contributed by atoms with Crippen LogP contribution in [0.1, 0.15) is 46.5 Å². The van der Waals surface area contributed by atoms with E-state index in [2.05, 4.69) is 30.9 Å². The Bertz CT molecular complexity index is 453. The minimum atomic E-state index is -0.945. The first-order valence-corrected chi connectivity index (χ1v) is 7.60. The topological polar surface area (TPSA) is 102 Å². The van der Waals surface area contributed by atoms with E-state index in [-0.39, 0.29) is 24.8 Å². The number of nitrogens with zero attached hydrogens (tertiary/aromatic N) is 1. The van der Waals surface area contributed by atoms with Crippen LogP contribution >= 0.6 is 0 Å². The maximum absolute atomic E-state index is 11.5. The quantitative estimate of drug-likeness (QED) is 0.397. The number of hydrogen-bond donors (Lipinski definition) is 1. The van der Waals surface area contributed by atoms with Crippen LogP contribution in [0.15, 0.2) is 0 Å². The van der Waals surface area contributed by atoms with Gasteiger partial charge in [-0.2, -0.15) is 0 Å². The van der Waals surface area contributed by atoms with Gasteiger partial charge in [0.1, 0.15) is 6.42 Å². The second-order valence-corrected chi connectivity index (χ2v) is 6.49. The molecule has 1 saturated heterocycles. The lowest BCUT2D eigenvalue weighted by molar-refractivity contribution is -0.197. The summed E-state index contributed by atoms with van der Waals surface area (Å²) >= 11 is 0. The van der Waals surface area contributed by atoms with Gasteiger partial charge in [-0.05, 0) is 11.8 Å². The summed E-state index contributed by atoms with van der Waals surface area (Å²) in [5.41, 5.74) is 0.192. The number of hydroxylamine groups is 2. The Balaban J connectivity index is 2.13. The van der Waals surface area contributed by atoms with Crippen molar-refractivity contribution in [2.75, 3.05) is 19.8 Å². The highest BCUT2D eigenvalue weighted by Gasteiger charge is 2.33. The first-order valence-electron chi connectivity index (χ1n) is 7.60. The third kappa shape index (κ3) is 7.73. The number of amides is 3. The van der Waals surface area contributed by atoms with Crippen molar-refractivity contribution in [1.29, 1.82) is 0 Å². The van der Waals surface area contributed by atoms with Gasteiger partial charge in [-0.1, -0.05) is 20.8 Å². The van der Waals surface area contributed by atoms with Crippen LogP contribution in [-0.2, 0) is 28.8 Å². The standard InChI is InChI=1S/C15H24N2O6/c1-15(2,3)6-8-22-9-7-16-11(18)10-14(21)23-17-12(19)4-5-13(17)20/h4-10H2,1-3H3,(H,16,18). The van der Waals surface area contributed by atoms with Crippen molar-refractivity contribution in [2.45, 2.75) is 46.5 Å². The molecule has 1 heterocycles. The Morgan fingerprint density at radius 1 is 1.13 bits per heavy atom. The summed E-state index contributed by atoms with van der Waals surface area (Å²) < 4.78 is 5.37. The minimum Gasteiger partial charge on any atom is -0.380 e. The van der Waals surface area contributed by atoms with E-state index in [9.17, 15) is 19.2 Å². The molecule has 130 valence electrons. The van der Waals surface area contributed by atoms with Gasteiger partial charge >= 0.3 is 5.97 Å². The van der Waals surface area contributed by atoms with Crippen molar-refractivity contribution in [2.24, 2.45) is 5.41 Å². The van der Waals surface area contributed by atoms with Crippen LogP contribution in [0.3, 0.4) is 0 Å². The van der Waals surface area contributed by atoms with Gasteiger partial charge < -0.3 is 14.9 Å². The number of carbonyl (C=O) groups is 4. The highest BCUT2D eigenvalue weighted by molar-refractivity contribution is 6.02. The fourth-order valence-electron chi connectivity index (χ4n) is 1.73. The van der Waals surface area contributed by atoms with Gasteiger partial charge in [0.15, 0.2) is 0 Å². The number of carbonyl (C=O) groups excluding carboxylic acids is 4. The maximum Gasteiger partial charge on any atom is 0.342 e. The molecule has 0 aromatic rings. The van der Waals surface area contributed by atoms with Crippen molar-refractivity contribution in [3.63, 3.8) is 0 Å². The molecule has 0 saturated carbocycles. The maximum atomic E-state index is 11.5. The molecule has 0 aliphatic carbocycles. The van der Waals surface area contributed by atoms with Gasteiger partial charge in [0.25, 0.3) is 11.8 Å². The van der Waals surface area contributed by atoms with Crippen LogP contribution in [0.2, 0.25) is 0 Å². The van der Waals surface area contributed by atoms with Crippen LogP contribution in [0.4, 0.5) is 0 Å². The predicted octanol–water partition coefficient (Wildman–Crippen LogP) is 0.553. The molecule has 23 heavy (non-hydrogen) atoms. The lowest BCUT2D eigenvalue weighted by atomic mass is 9.93. The smallest absolute Gasteiger partial charge is 0.342 e. The molecule has 0 aromatic carbocycles. The highest BCUT2D eigenvalue weighted by atomic mass is 16.7. The summed E-state index contributed by atoms with van der Waals surface area (Å²) in [6.07, 6.45) is 0.388. The molecule has 1 aliphatic rings. The Kier molecular flexibility index (Phi) is 7.15. The first-order chi connectivity index (χ1) is 10.7. The molecule has 3 amide bonds. The Labute approximate surface area is 135 Å². The molecule has 1 fully saturated rings. The Hall–Kier alpha value is -1.96. The number of imide groups is 1. The van der Waals surface area contributed by atoms with Gasteiger partial charge in [0.2, 0.25) is 5.91 Å². The van der Waals surface area contributed by atoms with Crippen molar-refractivity contribution in [3.05, 3.63) is 0 Å². The molecule has 8 heteroatoms. The summed E-state index contributed by atoms with van der Waals surface area (Å²) in [4.78, 5) is 50.1. The van der Waals surface area contributed by atoms with E-state index in [1.54, 1.807) is 0 Å². The molecule has 0 unspecified atom stereocenters. The van der Waals surface area contributed by atoms with E-state index in [0.29, 0.717) is 18.3 Å². The summed E-state index contributed by atoms with van der Waals surface area (Å²) in [6.45, 7) is 7.55. The molecule has 1 rings (SSSR count). The van der Waals surface area contributed by atoms with E-state index in [4.69, 9.17) is 4.74 Å². The summed E-state index contributed by atoms with van der Waals surface area (Å²) in [5, 5.41) is 2.93. The highest BCUT2D eigenvalue weighted by Crippen LogP contribution is 2.17. The van der Waals surface area contributed by atoms with Crippen LogP contribution in [0, 0.1) is 5.41 Å². The van der Waals surface area contributed by atoms with E-state index in [1.165, 1.54) is 0 Å². The molecule has 0 aromatic heterocycles. The van der Waals surface area contributed by atoms with Crippen LogP contribution in [0.25, 0.3) is 0 Å².